The van der Waals surface area contributed by atoms with Crippen molar-refractivity contribution in [3.05, 3.63) is 23.9 Å². The minimum atomic E-state index is 0.0707. The molecule has 0 saturated carbocycles. The van der Waals surface area contributed by atoms with Gasteiger partial charge in [0.2, 0.25) is 0 Å². The van der Waals surface area contributed by atoms with Crippen molar-refractivity contribution >= 4 is 11.7 Å². The fraction of sp³-hybridized carbons (Fsp3) is 0.600. The normalized spacial score (nSPS) is 18.9. The number of aromatic nitrogens is 1. The number of rotatable bonds is 5. The van der Waals surface area contributed by atoms with E-state index in [2.05, 4.69) is 10.3 Å². The Bertz CT molecular complexity index is 431. The molecular formula is C15H23N3O2. The zero-order chi connectivity index (χ0) is 14.4. The molecule has 20 heavy (non-hydrogen) atoms. The summed E-state index contributed by atoms with van der Waals surface area (Å²) < 4.78 is 5.20. The zero-order valence-corrected chi connectivity index (χ0v) is 12.3. The van der Waals surface area contributed by atoms with Crippen LogP contribution in [0.3, 0.4) is 0 Å². The summed E-state index contributed by atoms with van der Waals surface area (Å²) in [6.07, 6.45) is 3.83. The van der Waals surface area contributed by atoms with Gasteiger partial charge in [0, 0.05) is 32.9 Å². The van der Waals surface area contributed by atoms with E-state index in [-0.39, 0.29) is 5.91 Å². The van der Waals surface area contributed by atoms with Crippen molar-refractivity contribution in [2.24, 2.45) is 5.92 Å². The Kier molecular flexibility index (Phi) is 5.35. The highest BCUT2D eigenvalue weighted by atomic mass is 16.5. The third-order valence-corrected chi connectivity index (χ3v) is 3.58. The predicted molar refractivity (Wildman–Crippen MR) is 78.9 cm³/mol. The van der Waals surface area contributed by atoms with E-state index < -0.39 is 0 Å². The van der Waals surface area contributed by atoms with Crippen LogP contribution in [0.15, 0.2) is 18.3 Å². The van der Waals surface area contributed by atoms with Crippen LogP contribution in [0.25, 0.3) is 0 Å². The number of piperidine rings is 1. The van der Waals surface area contributed by atoms with Gasteiger partial charge < -0.3 is 15.0 Å². The van der Waals surface area contributed by atoms with Crippen molar-refractivity contribution in [2.45, 2.75) is 19.8 Å². The van der Waals surface area contributed by atoms with Gasteiger partial charge in [-0.15, -0.1) is 0 Å². The van der Waals surface area contributed by atoms with E-state index >= 15 is 0 Å². The van der Waals surface area contributed by atoms with Gasteiger partial charge in [-0.1, -0.05) is 0 Å². The van der Waals surface area contributed by atoms with Gasteiger partial charge in [-0.05, 0) is 37.8 Å². The zero-order valence-electron chi connectivity index (χ0n) is 12.3. The first-order valence-corrected chi connectivity index (χ1v) is 7.22. The molecule has 5 nitrogen and oxygen atoms in total. The Morgan fingerprint density at radius 2 is 2.40 bits per heavy atom. The fourth-order valence-electron chi connectivity index (χ4n) is 2.61. The van der Waals surface area contributed by atoms with Crippen molar-refractivity contribution in [3.8, 4) is 0 Å². The van der Waals surface area contributed by atoms with Crippen molar-refractivity contribution < 1.29 is 9.53 Å². The maximum absolute atomic E-state index is 12.4. The minimum Gasteiger partial charge on any atom is -0.384 e. The summed E-state index contributed by atoms with van der Waals surface area (Å²) in [5.74, 6) is 1.33. The number of amides is 1. The molecule has 0 radical (unpaired) electrons. The summed E-state index contributed by atoms with van der Waals surface area (Å²) >= 11 is 0. The van der Waals surface area contributed by atoms with E-state index in [1.165, 1.54) is 0 Å². The largest absolute Gasteiger partial charge is 0.384 e. The van der Waals surface area contributed by atoms with E-state index in [0.717, 1.165) is 44.9 Å². The Morgan fingerprint density at radius 3 is 3.05 bits per heavy atom. The summed E-state index contributed by atoms with van der Waals surface area (Å²) in [6, 6.07) is 3.70. The first-order chi connectivity index (χ1) is 9.74. The van der Waals surface area contributed by atoms with Crippen LogP contribution in [-0.4, -0.2) is 49.1 Å². The maximum atomic E-state index is 12.4. The average molecular weight is 277 g/mol. The van der Waals surface area contributed by atoms with E-state index in [9.17, 15) is 4.79 Å². The number of hydrogen-bond acceptors (Lipinski definition) is 4. The molecule has 1 aromatic heterocycles. The first kappa shape index (κ1) is 14.8. The Morgan fingerprint density at radius 1 is 1.55 bits per heavy atom. The Labute approximate surface area is 120 Å². The van der Waals surface area contributed by atoms with E-state index in [1.54, 1.807) is 13.3 Å². The second kappa shape index (κ2) is 7.24. The highest BCUT2D eigenvalue weighted by Gasteiger charge is 2.24. The minimum absolute atomic E-state index is 0.0707. The summed E-state index contributed by atoms with van der Waals surface area (Å²) in [4.78, 5) is 18.6. The second-order valence-corrected chi connectivity index (χ2v) is 5.18. The van der Waals surface area contributed by atoms with Crippen molar-refractivity contribution in [1.29, 1.82) is 0 Å². The van der Waals surface area contributed by atoms with Crippen LogP contribution < -0.4 is 5.32 Å². The van der Waals surface area contributed by atoms with Crippen LogP contribution in [0, 0.1) is 5.92 Å². The van der Waals surface area contributed by atoms with Gasteiger partial charge in [-0.2, -0.15) is 0 Å². The molecule has 5 heteroatoms. The number of ether oxygens (including phenoxy) is 1. The molecule has 110 valence electrons. The van der Waals surface area contributed by atoms with Crippen LogP contribution in [0.4, 0.5) is 5.82 Å². The number of carbonyl (C=O) groups is 1. The molecule has 0 aliphatic carbocycles. The molecule has 1 unspecified atom stereocenters. The van der Waals surface area contributed by atoms with Crippen LogP contribution in [0.2, 0.25) is 0 Å². The van der Waals surface area contributed by atoms with Crippen LogP contribution >= 0.6 is 0 Å². The molecule has 1 saturated heterocycles. The van der Waals surface area contributed by atoms with Gasteiger partial charge in [0.25, 0.3) is 5.91 Å². The number of nitrogens with one attached hydrogen (secondary N) is 1. The standard InChI is InChI=1S/C15H23N3O2/c1-3-16-14-7-6-13(9-17-14)15(19)18-8-4-5-12(10-18)11-20-2/h6-7,9,12H,3-5,8,10-11H2,1-2H3,(H,16,17). The van der Waals surface area contributed by atoms with Crippen LogP contribution in [0.5, 0.6) is 0 Å². The topological polar surface area (TPSA) is 54.5 Å². The maximum Gasteiger partial charge on any atom is 0.255 e. The van der Waals surface area contributed by atoms with Crippen molar-refractivity contribution in [1.82, 2.24) is 9.88 Å². The number of methoxy groups -OCH3 is 1. The summed E-state index contributed by atoms with van der Waals surface area (Å²) in [5, 5.41) is 3.12. The van der Waals surface area contributed by atoms with E-state index in [1.807, 2.05) is 24.0 Å². The summed E-state index contributed by atoms with van der Waals surface area (Å²) in [6.45, 7) is 5.17. The molecule has 1 fully saturated rings. The average Bonchev–Trinajstić information content (AvgIpc) is 2.48. The molecule has 1 aromatic rings. The number of pyridine rings is 1. The summed E-state index contributed by atoms with van der Waals surface area (Å²) in [7, 11) is 1.71. The molecule has 1 aliphatic heterocycles. The van der Waals surface area contributed by atoms with Gasteiger partial charge in [-0.25, -0.2) is 4.98 Å². The monoisotopic (exact) mass is 277 g/mol. The first-order valence-electron chi connectivity index (χ1n) is 7.22. The van der Waals surface area contributed by atoms with Crippen molar-refractivity contribution in [2.75, 3.05) is 38.7 Å². The lowest BCUT2D eigenvalue weighted by molar-refractivity contribution is 0.0570. The number of likely N-dealkylation sites (tertiary alicyclic amines) is 1. The lowest BCUT2D eigenvalue weighted by Crippen LogP contribution is -2.41. The second-order valence-electron chi connectivity index (χ2n) is 5.18. The van der Waals surface area contributed by atoms with Gasteiger partial charge in [0.1, 0.15) is 5.82 Å². The number of nitrogens with zero attached hydrogens (tertiary/aromatic N) is 2. The smallest absolute Gasteiger partial charge is 0.255 e. The molecule has 1 atom stereocenters. The number of anilines is 1. The van der Waals surface area contributed by atoms with E-state index in [0.29, 0.717) is 11.5 Å². The van der Waals surface area contributed by atoms with Gasteiger partial charge in [-0.3, -0.25) is 4.79 Å². The van der Waals surface area contributed by atoms with Gasteiger partial charge in [0.15, 0.2) is 0 Å². The Balaban J connectivity index is 1.99. The van der Waals surface area contributed by atoms with Crippen molar-refractivity contribution in [3.63, 3.8) is 0 Å². The van der Waals surface area contributed by atoms with Crippen LogP contribution in [-0.2, 0) is 4.74 Å². The molecule has 0 bridgehead atoms. The van der Waals surface area contributed by atoms with E-state index in [4.69, 9.17) is 4.74 Å². The fourth-order valence-corrected chi connectivity index (χ4v) is 2.61. The van der Waals surface area contributed by atoms with Gasteiger partial charge >= 0.3 is 0 Å². The highest BCUT2D eigenvalue weighted by molar-refractivity contribution is 5.94. The Hall–Kier alpha value is -1.62. The highest BCUT2D eigenvalue weighted by Crippen LogP contribution is 2.19. The molecule has 0 aromatic carbocycles. The molecule has 1 aliphatic rings. The third kappa shape index (κ3) is 3.70. The SMILES string of the molecule is CCNc1ccc(C(=O)N2CCCC(COC)C2)cn1. The quantitative estimate of drug-likeness (QED) is 0.894. The molecule has 0 spiro atoms. The predicted octanol–water partition coefficient (Wildman–Crippen LogP) is 2.01. The molecule has 2 rings (SSSR count). The van der Waals surface area contributed by atoms with Gasteiger partial charge in [0.05, 0.1) is 12.2 Å². The summed E-state index contributed by atoms with van der Waals surface area (Å²) in [5.41, 5.74) is 0.657. The molecule has 1 amide bonds. The number of hydrogen-bond donors (Lipinski definition) is 1. The lowest BCUT2D eigenvalue weighted by atomic mass is 9.98. The third-order valence-electron chi connectivity index (χ3n) is 3.58. The molecular weight excluding hydrogens is 254 g/mol. The molecule has 1 N–H and O–H groups in total. The molecule has 2 heterocycles. The lowest BCUT2D eigenvalue weighted by Gasteiger charge is -2.32. The van der Waals surface area contributed by atoms with Crippen LogP contribution in [0.1, 0.15) is 30.1 Å². The number of carbonyl (C=O) groups excluding carboxylic acids is 1.